The quantitative estimate of drug-likeness (QED) is 0.377. The van der Waals surface area contributed by atoms with Crippen LogP contribution in [-0.2, 0) is 10.8 Å². The Morgan fingerprint density at radius 2 is 1.58 bits per heavy atom. The van der Waals surface area contributed by atoms with Gasteiger partial charge in [0.15, 0.2) is 5.71 Å². The molecule has 0 saturated heterocycles. The van der Waals surface area contributed by atoms with Gasteiger partial charge in [0.2, 0.25) is 5.69 Å². The molecule has 0 bridgehead atoms. The number of likely N-dealkylation sites (N-methyl/N-ethyl adjacent to an activating group) is 1. The summed E-state index contributed by atoms with van der Waals surface area (Å²) < 4.78 is 2.35. The molecule has 1 aliphatic carbocycles. The predicted molar refractivity (Wildman–Crippen MR) is 162 cm³/mol. The van der Waals surface area contributed by atoms with Crippen molar-refractivity contribution in [3.05, 3.63) is 104 Å². The summed E-state index contributed by atoms with van der Waals surface area (Å²) in [5.74, 6) is 0.400. The number of fused-ring (bicyclic) bond motifs is 2. The number of nitrogens with zero attached hydrogens (tertiary/aromatic N) is 2. The van der Waals surface area contributed by atoms with Gasteiger partial charge in [-0.3, -0.25) is 0 Å². The SMILES string of the molecule is CCN1/C(=C/C=C2\CCC(/C=C/C3=[N+](CC)c4ccc(Cl)cc4C3(C)C)=C2O)C(C)(C)c2cc(Cl)ccc21. The summed E-state index contributed by atoms with van der Waals surface area (Å²) >= 11 is 12.7. The Hall–Kier alpha value is -2.75. The van der Waals surface area contributed by atoms with E-state index in [1.165, 1.54) is 33.9 Å². The van der Waals surface area contributed by atoms with Crippen LogP contribution in [0, 0.1) is 0 Å². The Balaban J connectivity index is 1.46. The lowest BCUT2D eigenvalue weighted by atomic mass is 9.81. The molecule has 2 aliphatic heterocycles. The standard InChI is InChI=1S/C33H36Cl2N2O/c1-7-36-27-15-13-23(34)19-25(27)32(3,4)29(36)17-11-21-9-10-22(31(21)38)12-18-30-33(5,6)26-20-24(35)14-16-28(26)37(30)8-2/h11-20H,7-10H2,1-6H3/p+1/b21-11+,29-17+. The van der Waals surface area contributed by atoms with Gasteiger partial charge in [0.05, 0.1) is 5.41 Å². The van der Waals surface area contributed by atoms with Crippen LogP contribution in [0.15, 0.2) is 83.3 Å². The summed E-state index contributed by atoms with van der Waals surface area (Å²) in [5.41, 5.74) is 8.98. The first-order valence-electron chi connectivity index (χ1n) is 13.5. The van der Waals surface area contributed by atoms with Crippen LogP contribution in [0.2, 0.25) is 10.0 Å². The lowest BCUT2D eigenvalue weighted by molar-refractivity contribution is -0.433. The van der Waals surface area contributed by atoms with E-state index in [2.05, 4.69) is 99.6 Å². The molecule has 3 aliphatic rings. The van der Waals surface area contributed by atoms with Gasteiger partial charge in [0.1, 0.15) is 12.3 Å². The van der Waals surface area contributed by atoms with E-state index in [-0.39, 0.29) is 10.8 Å². The average molecular weight is 549 g/mol. The highest BCUT2D eigenvalue weighted by Crippen LogP contribution is 2.48. The number of rotatable bonds is 5. The van der Waals surface area contributed by atoms with Crippen LogP contribution in [0.3, 0.4) is 0 Å². The Labute approximate surface area is 237 Å². The van der Waals surface area contributed by atoms with Gasteiger partial charge in [-0.15, -0.1) is 0 Å². The fourth-order valence-electron chi connectivity index (χ4n) is 6.37. The number of benzene rings is 2. The van der Waals surface area contributed by atoms with Crippen LogP contribution in [0.4, 0.5) is 11.4 Å². The number of allylic oxidation sites excluding steroid dienone is 7. The zero-order chi connectivity index (χ0) is 27.4. The van der Waals surface area contributed by atoms with Gasteiger partial charge in [-0.2, -0.15) is 4.58 Å². The summed E-state index contributed by atoms with van der Waals surface area (Å²) in [4.78, 5) is 2.35. The highest BCUT2D eigenvalue weighted by atomic mass is 35.5. The van der Waals surface area contributed by atoms with Gasteiger partial charge in [-0.05, 0) is 99.7 Å². The van der Waals surface area contributed by atoms with Crippen molar-refractivity contribution in [2.75, 3.05) is 18.0 Å². The van der Waals surface area contributed by atoms with E-state index >= 15 is 0 Å². The number of aliphatic hydroxyl groups excluding tert-OH is 1. The number of aliphatic hydroxyl groups is 1. The predicted octanol–water partition coefficient (Wildman–Crippen LogP) is 9.18. The minimum absolute atomic E-state index is 0.166. The summed E-state index contributed by atoms with van der Waals surface area (Å²) in [5, 5.41) is 12.7. The molecule has 3 nitrogen and oxygen atoms in total. The van der Waals surface area contributed by atoms with E-state index in [1.54, 1.807) is 0 Å². The van der Waals surface area contributed by atoms with E-state index in [9.17, 15) is 5.11 Å². The van der Waals surface area contributed by atoms with Crippen LogP contribution in [0.1, 0.15) is 65.5 Å². The Bertz CT molecular complexity index is 1470. The van der Waals surface area contributed by atoms with Crippen molar-refractivity contribution in [2.45, 2.75) is 65.2 Å². The molecule has 0 unspecified atom stereocenters. The molecular formula is C33H37Cl2N2O+. The first kappa shape index (κ1) is 26.8. The van der Waals surface area contributed by atoms with E-state index in [4.69, 9.17) is 23.2 Å². The van der Waals surface area contributed by atoms with Crippen LogP contribution in [-0.4, -0.2) is 28.5 Å². The molecule has 0 amide bonds. The molecule has 0 radical (unpaired) electrons. The van der Waals surface area contributed by atoms with Crippen LogP contribution >= 0.6 is 23.2 Å². The Morgan fingerprint density at radius 1 is 0.895 bits per heavy atom. The van der Waals surface area contributed by atoms with Crippen LogP contribution in [0.5, 0.6) is 0 Å². The molecule has 2 aromatic rings. The van der Waals surface area contributed by atoms with Crippen molar-refractivity contribution < 1.29 is 9.68 Å². The summed E-state index contributed by atoms with van der Waals surface area (Å²) in [7, 11) is 0. The van der Waals surface area contributed by atoms with Gasteiger partial charge < -0.3 is 10.0 Å². The lowest BCUT2D eigenvalue weighted by Gasteiger charge is -2.26. The smallest absolute Gasteiger partial charge is 0.209 e. The first-order valence-corrected chi connectivity index (χ1v) is 14.3. The highest BCUT2D eigenvalue weighted by Gasteiger charge is 2.44. The molecule has 0 saturated carbocycles. The van der Waals surface area contributed by atoms with Crippen LogP contribution in [0.25, 0.3) is 0 Å². The fourth-order valence-corrected chi connectivity index (χ4v) is 6.72. The van der Waals surface area contributed by atoms with Crippen molar-refractivity contribution in [3.63, 3.8) is 0 Å². The third-order valence-electron chi connectivity index (χ3n) is 8.50. The number of hydrogen-bond acceptors (Lipinski definition) is 2. The van der Waals surface area contributed by atoms with Gasteiger partial charge >= 0.3 is 0 Å². The second kappa shape index (κ2) is 9.77. The Morgan fingerprint density at radius 3 is 2.26 bits per heavy atom. The molecule has 0 fully saturated rings. The molecule has 5 rings (SSSR count). The van der Waals surface area contributed by atoms with E-state index in [0.29, 0.717) is 5.76 Å². The second-order valence-electron chi connectivity index (χ2n) is 11.4. The fraction of sp³-hybridized carbons (Fsp3) is 0.364. The Kier molecular flexibility index (Phi) is 6.90. The van der Waals surface area contributed by atoms with Crippen molar-refractivity contribution in [1.29, 1.82) is 0 Å². The topological polar surface area (TPSA) is 26.5 Å². The molecule has 198 valence electrons. The summed E-state index contributed by atoms with van der Waals surface area (Å²) in [6, 6.07) is 12.3. The first-order chi connectivity index (χ1) is 18.0. The average Bonchev–Trinajstić information content (AvgIpc) is 3.41. The molecule has 0 spiro atoms. The second-order valence-corrected chi connectivity index (χ2v) is 12.3. The van der Waals surface area contributed by atoms with Gasteiger partial charge in [0.25, 0.3) is 0 Å². The van der Waals surface area contributed by atoms with Crippen molar-refractivity contribution in [1.82, 2.24) is 0 Å². The van der Waals surface area contributed by atoms with Crippen molar-refractivity contribution in [3.8, 4) is 0 Å². The van der Waals surface area contributed by atoms with Crippen molar-refractivity contribution in [2.24, 2.45) is 0 Å². The third-order valence-corrected chi connectivity index (χ3v) is 8.97. The zero-order valence-corrected chi connectivity index (χ0v) is 24.7. The summed E-state index contributed by atoms with van der Waals surface area (Å²) in [6.07, 6.45) is 10.2. The highest BCUT2D eigenvalue weighted by molar-refractivity contribution is 6.31. The number of halogens is 2. The number of anilines is 1. The van der Waals surface area contributed by atoms with Gasteiger partial charge in [-0.1, -0.05) is 43.1 Å². The maximum absolute atomic E-state index is 11.2. The minimum atomic E-state index is -0.166. The van der Waals surface area contributed by atoms with E-state index < -0.39 is 0 Å². The lowest BCUT2D eigenvalue weighted by Crippen LogP contribution is -2.27. The monoisotopic (exact) mass is 547 g/mol. The molecular weight excluding hydrogens is 511 g/mol. The molecule has 38 heavy (non-hydrogen) atoms. The maximum atomic E-state index is 11.2. The molecule has 0 aromatic heterocycles. The van der Waals surface area contributed by atoms with E-state index in [1.807, 2.05) is 12.1 Å². The third kappa shape index (κ3) is 4.25. The zero-order valence-electron chi connectivity index (χ0n) is 23.2. The normalized spacial score (nSPS) is 21.9. The minimum Gasteiger partial charge on any atom is -0.507 e. The molecule has 1 N–H and O–H groups in total. The molecule has 5 heteroatoms. The van der Waals surface area contributed by atoms with Crippen molar-refractivity contribution >= 4 is 40.3 Å². The molecule has 2 heterocycles. The largest absolute Gasteiger partial charge is 0.507 e. The molecule has 2 aromatic carbocycles. The maximum Gasteiger partial charge on any atom is 0.209 e. The van der Waals surface area contributed by atoms with E-state index in [0.717, 1.165) is 47.1 Å². The van der Waals surface area contributed by atoms with Crippen LogP contribution < -0.4 is 4.90 Å². The van der Waals surface area contributed by atoms with Gasteiger partial charge in [-0.25, -0.2) is 0 Å². The molecule has 0 atom stereocenters. The number of hydrogen-bond donors (Lipinski definition) is 1. The van der Waals surface area contributed by atoms with Gasteiger partial charge in [0, 0.05) is 51.1 Å². The summed E-state index contributed by atoms with van der Waals surface area (Å²) in [6.45, 7) is 15.1.